The van der Waals surface area contributed by atoms with Crippen molar-refractivity contribution in [1.29, 1.82) is 10.5 Å². The second-order valence-electron chi connectivity index (χ2n) is 4.39. The molecule has 0 saturated heterocycles. The van der Waals surface area contributed by atoms with Gasteiger partial charge in [-0.3, -0.25) is 0 Å². The van der Waals surface area contributed by atoms with Crippen molar-refractivity contribution in [2.75, 3.05) is 0 Å². The third-order valence-electron chi connectivity index (χ3n) is 3.21. The van der Waals surface area contributed by atoms with Crippen LogP contribution < -0.4 is 0 Å². The van der Waals surface area contributed by atoms with Gasteiger partial charge in [0, 0.05) is 22.1 Å². The molecule has 1 heterocycles. The van der Waals surface area contributed by atoms with Crippen LogP contribution in [0.3, 0.4) is 0 Å². The maximum absolute atomic E-state index is 9.26. The van der Waals surface area contributed by atoms with Gasteiger partial charge in [0.05, 0.1) is 29.0 Å². The monoisotopic (exact) mass is 287 g/mol. The van der Waals surface area contributed by atoms with Crippen LogP contribution in [0.4, 0.5) is 0 Å². The lowest BCUT2D eigenvalue weighted by Crippen LogP contribution is -1.88. The Morgan fingerprint density at radius 2 is 1.33 bits per heavy atom. The van der Waals surface area contributed by atoms with Crippen LogP contribution in [0.1, 0.15) is 11.1 Å². The summed E-state index contributed by atoms with van der Waals surface area (Å²) in [7, 11) is 0. The topological polar surface area (TPSA) is 60.5 Å². The molecule has 0 amide bonds. The van der Waals surface area contributed by atoms with E-state index >= 15 is 0 Å². The fraction of sp³-hybridized carbons (Fsp3) is 0. The predicted octanol–water partition coefficient (Wildman–Crippen LogP) is 4.22. The van der Waals surface area contributed by atoms with Gasteiger partial charge in [-0.25, -0.2) is 0 Å². The molecular formula is C17H9N3S. The standard InChI is InChI=1S/C17H9N3S/c18-9-12-5-1-3-7-14(12)16-11-21-20-17(16)15-8-4-2-6-13(15)10-19/h1-8,11H. The van der Waals surface area contributed by atoms with E-state index in [-0.39, 0.29) is 0 Å². The molecule has 0 aliphatic carbocycles. The maximum Gasteiger partial charge on any atom is 0.0998 e. The summed E-state index contributed by atoms with van der Waals surface area (Å²) < 4.78 is 4.43. The number of rotatable bonds is 2. The molecule has 0 spiro atoms. The Labute approximate surface area is 126 Å². The quantitative estimate of drug-likeness (QED) is 0.709. The normalized spacial score (nSPS) is 9.81. The Balaban J connectivity index is 2.24. The largest absolute Gasteiger partial charge is 0.192 e. The van der Waals surface area contributed by atoms with E-state index in [4.69, 9.17) is 0 Å². The molecule has 98 valence electrons. The molecule has 0 fully saturated rings. The van der Waals surface area contributed by atoms with Crippen LogP contribution in [0, 0.1) is 22.7 Å². The van der Waals surface area contributed by atoms with Crippen LogP contribution in [0.15, 0.2) is 53.9 Å². The SMILES string of the molecule is N#Cc1ccccc1-c1csnc1-c1ccccc1C#N. The van der Waals surface area contributed by atoms with Crippen LogP contribution >= 0.6 is 11.5 Å². The zero-order valence-electron chi connectivity index (χ0n) is 10.9. The molecule has 0 atom stereocenters. The maximum atomic E-state index is 9.26. The van der Waals surface area contributed by atoms with Crippen molar-refractivity contribution in [2.24, 2.45) is 0 Å². The number of hydrogen-bond donors (Lipinski definition) is 0. The Morgan fingerprint density at radius 1 is 0.762 bits per heavy atom. The van der Waals surface area contributed by atoms with Gasteiger partial charge in [0.1, 0.15) is 0 Å². The second-order valence-corrected chi connectivity index (χ2v) is 5.02. The first kappa shape index (κ1) is 13.1. The van der Waals surface area contributed by atoms with Gasteiger partial charge in [0.15, 0.2) is 0 Å². The van der Waals surface area contributed by atoms with Crippen LogP contribution in [-0.4, -0.2) is 4.37 Å². The Bertz CT molecular complexity index is 809. The van der Waals surface area contributed by atoms with Crippen LogP contribution in [-0.2, 0) is 0 Å². The van der Waals surface area contributed by atoms with E-state index in [9.17, 15) is 10.5 Å². The van der Waals surface area contributed by atoms with Gasteiger partial charge in [-0.2, -0.15) is 14.9 Å². The van der Waals surface area contributed by atoms with Gasteiger partial charge in [-0.1, -0.05) is 36.4 Å². The summed E-state index contributed by atoms with van der Waals surface area (Å²) >= 11 is 1.33. The van der Waals surface area contributed by atoms with Gasteiger partial charge in [0.2, 0.25) is 0 Å². The van der Waals surface area contributed by atoms with E-state index in [1.165, 1.54) is 11.5 Å². The molecule has 3 aromatic rings. The first-order valence-corrected chi connectivity index (χ1v) is 7.12. The first-order chi connectivity index (χ1) is 10.3. The lowest BCUT2D eigenvalue weighted by atomic mass is 9.96. The highest BCUT2D eigenvalue weighted by atomic mass is 32.1. The van der Waals surface area contributed by atoms with Gasteiger partial charge >= 0.3 is 0 Å². The fourth-order valence-electron chi connectivity index (χ4n) is 2.22. The van der Waals surface area contributed by atoms with Crippen molar-refractivity contribution in [3.63, 3.8) is 0 Å². The molecule has 0 bridgehead atoms. The third-order valence-corrected chi connectivity index (χ3v) is 3.84. The summed E-state index contributed by atoms with van der Waals surface area (Å²) in [6, 6.07) is 19.2. The second kappa shape index (κ2) is 5.58. The Hall–Kier alpha value is -2.95. The van der Waals surface area contributed by atoms with Crippen molar-refractivity contribution in [2.45, 2.75) is 0 Å². The van der Waals surface area contributed by atoms with Gasteiger partial charge < -0.3 is 0 Å². The summed E-state index contributed by atoms with van der Waals surface area (Å²) in [6.07, 6.45) is 0. The van der Waals surface area contributed by atoms with Crippen molar-refractivity contribution >= 4 is 11.5 Å². The summed E-state index contributed by atoms with van der Waals surface area (Å²) in [5.41, 5.74) is 4.47. The smallest absolute Gasteiger partial charge is 0.0998 e. The minimum absolute atomic E-state index is 0.582. The number of benzene rings is 2. The van der Waals surface area contributed by atoms with Crippen molar-refractivity contribution in [3.8, 4) is 34.5 Å². The number of aromatic nitrogens is 1. The van der Waals surface area contributed by atoms with E-state index in [0.29, 0.717) is 11.1 Å². The highest BCUT2D eigenvalue weighted by Crippen LogP contribution is 2.35. The average Bonchev–Trinajstić information content (AvgIpc) is 3.04. The Morgan fingerprint density at radius 3 is 2.00 bits per heavy atom. The molecule has 3 nitrogen and oxygen atoms in total. The van der Waals surface area contributed by atoms with E-state index < -0.39 is 0 Å². The molecule has 0 unspecified atom stereocenters. The van der Waals surface area contributed by atoms with Crippen molar-refractivity contribution in [3.05, 3.63) is 65.0 Å². The summed E-state index contributed by atoms with van der Waals surface area (Å²) in [4.78, 5) is 0. The molecule has 21 heavy (non-hydrogen) atoms. The molecular weight excluding hydrogens is 278 g/mol. The molecule has 0 saturated carbocycles. The highest BCUT2D eigenvalue weighted by molar-refractivity contribution is 7.04. The van der Waals surface area contributed by atoms with Gasteiger partial charge in [-0.15, -0.1) is 0 Å². The summed E-state index contributed by atoms with van der Waals surface area (Å²) in [5.74, 6) is 0. The van der Waals surface area contributed by atoms with Crippen molar-refractivity contribution in [1.82, 2.24) is 4.37 Å². The molecule has 0 aliphatic rings. The number of nitriles is 2. The van der Waals surface area contributed by atoms with E-state index in [2.05, 4.69) is 16.5 Å². The number of hydrogen-bond acceptors (Lipinski definition) is 4. The van der Waals surface area contributed by atoms with Gasteiger partial charge in [-0.05, 0) is 23.7 Å². The zero-order valence-corrected chi connectivity index (χ0v) is 11.8. The molecule has 1 aromatic heterocycles. The summed E-state index contributed by atoms with van der Waals surface area (Å²) in [6.45, 7) is 0. The third kappa shape index (κ3) is 2.29. The molecule has 0 aliphatic heterocycles. The minimum Gasteiger partial charge on any atom is -0.192 e. The average molecular weight is 287 g/mol. The van der Waals surface area contributed by atoms with E-state index in [1.54, 1.807) is 12.1 Å². The van der Waals surface area contributed by atoms with E-state index in [1.807, 2.05) is 41.8 Å². The van der Waals surface area contributed by atoms with E-state index in [0.717, 1.165) is 22.4 Å². The lowest BCUT2D eigenvalue weighted by molar-refractivity contribution is 1.44. The predicted molar refractivity (Wildman–Crippen MR) is 82.4 cm³/mol. The van der Waals surface area contributed by atoms with Gasteiger partial charge in [0.25, 0.3) is 0 Å². The van der Waals surface area contributed by atoms with Crippen molar-refractivity contribution < 1.29 is 0 Å². The Kier molecular flexibility index (Phi) is 3.47. The molecule has 0 N–H and O–H groups in total. The number of nitrogens with zero attached hydrogens (tertiary/aromatic N) is 3. The molecule has 2 aromatic carbocycles. The zero-order chi connectivity index (χ0) is 14.7. The minimum atomic E-state index is 0.582. The highest BCUT2D eigenvalue weighted by Gasteiger charge is 2.15. The molecule has 3 rings (SSSR count). The van der Waals surface area contributed by atoms with Crippen LogP contribution in [0.5, 0.6) is 0 Å². The van der Waals surface area contributed by atoms with Crippen LogP contribution in [0.25, 0.3) is 22.4 Å². The lowest BCUT2D eigenvalue weighted by Gasteiger charge is -2.06. The summed E-state index contributed by atoms with van der Waals surface area (Å²) in [5, 5.41) is 20.4. The first-order valence-electron chi connectivity index (χ1n) is 6.28. The van der Waals surface area contributed by atoms with Crippen LogP contribution in [0.2, 0.25) is 0 Å². The molecule has 4 heteroatoms. The molecule has 0 radical (unpaired) electrons. The fourth-order valence-corrected chi connectivity index (χ4v) is 2.92.